The number of unbranched alkanes of at least 4 members (excludes halogenated alkanes) is 2. The summed E-state index contributed by atoms with van der Waals surface area (Å²) in [6.07, 6.45) is 11.8. The van der Waals surface area contributed by atoms with E-state index in [1.54, 1.807) is 29.2 Å². The molecular formula is C46H62N4O11. The predicted molar refractivity (Wildman–Crippen MR) is 230 cm³/mol. The standard InChI is InChI=1S/C46H62N4O11/c1-3-26-59-46-42(49(22-27-57-29-25-53)43(54)18-13-33-11-14-35(15-12-33)50(55)56)32-40(47-60-4-2)38-30-34(9-5-7-23-51)37(10-6-8-24-52)44(45(38)46)39-31-36(16-17-41(39)61-46)58-28-21-48-19-20-48/h3,11-18,30-31,34,37,42,44-45,51-53H,1,4-10,19-29,32H2,2H3/t34-,37+,42-,44+,45+,46+/m0/s1. The highest BCUT2D eigenvalue weighted by molar-refractivity contribution is 6.03. The first-order valence-corrected chi connectivity index (χ1v) is 21.8. The molecule has 2 aliphatic carbocycles. The number of hydrogen-bond acceptors (Lipinski definition) is 13. The fraction of sp³-hybridized carbons (Fsp3) is 0.565. The Kier molecular flexibility index (Phi) is 16.9. The monoisotopic (exact) mass is 846 g/mol. The largest absolute Gasteiger partial charge is 0.492 e. The van der Waals surface area contributed by atoms with E-state index < -0.39 is 22.7 Å². The topological polar surface area (TPSA) is 186 Å². The van der Waals surface area contributed by atoms with E-state index in [2.05, 4.69) is 23.6 Å². The van der Waals surface area contributed by atoms with Crippen molar-refractivity contribution in [1.82, 2.24) is 9.80 Å². The van der Waals surface area contributed by atoms with Gasteiger partial charge in [-0.3, -0.25) is 19.8 Å². The number of carbonyl (C=O) groups is 1. The Hall–Kier alpha value is -4.64. The van der Waals surface area contributed by atoms with Crippen LogP contribution in [-0.2, 0) is 19.1 Å². The first-order chi connectivity index (χ1) is 29.8. The van der Waals surface area contributed by atoms with Crippen molar-refractivity contribution < 1.29 is 48.8 Å². The van der Waals surface area contributed by atoms with E-state index in [0.717, 1.165) is 62.2 Å². The van der Waals surface area contributed by atoms with Crippen molar-refractivity contribution in [3.8, 4) is 11.5 Å². The molecule has 2 aromatic carbocycles. The molecule has 0 radical (unpaired) electrons. The lowest BCUT2D eigenvalue weighted by molar-refractivity contribution is -0.384. The molecule has 0 aromatic heterocycles. The summed E-state index contributed by atoms with van der Waals surface area (Å²) in [5.41, 5.74) is 3.11. The minimum atomic E-state index is -1.47. The Bertz CT molecular complexity index is 1870. The number of aliphatic hydroxyl groups is 3. The van der Waals surface area contributed by atoms with Crippen LogP contribution < -0.4 is 9.47 Å². The highest BCUT2D eigenvalue weighted by Gasteiger charge is 2.65. The van der Waals surface area contributed by atoms with Crippen LogP contribution >= 0.6 is 0 Å². The van der Waals surface area contributed by atoms with Crippen LogP contribution in [0.5, 0.6) is 11.5 Å². The van der Waals surface area contributed by atoms with Crippen LogP contribution in [0.4, 0.5) is 5.69 Å². The third-order valence-electron chi connectivity index (χ3n) is 12.1. The number of carbonyl (C=O) groups excluding carboxylic acids is 1. The highest BCUT2D eigenvalue weighted by Crippen LogP contribution is 2.62. The number of aliphatic hydroxyl groups excluding tert-OH is 3. The Morgan fingerprint density at radius 3 is 2.51 bits per heavy atom. The van der Waals surface area contributed by atoms with Gasteiger partial charge in [-0.25, -0.2) is 0 Å². The van der Waals surface area contributed by atoms with Gasteiger partial charge in [-0.05, 0) is 92.0 Å². The van der Waals surface area contributed by atoms with Crippen LogP contribution in [0.15, 0.2) is 78.0 Å². The average molecular weight is 847 g/mol. The maximum Gasteiger partial charge on any atom is 0.269 e. The van der Waals surface area contributed by atoms with Gasteiger partial charge in [-0.2, -0.15) is 0 Å². The third kappa shape index (κ3) is 11.3. The van der Waals surface area contributed by atoms with Gasteiger partial charge in [-0.15, -0.1) is 6.58 Å². The molecule has 1 saturated heterocycles. The molecule has 1 amide bonds. The normalized spacial score (nSPS) is 24.7. The molecule has 6 rings (SSSR count). The summed E-state index contributed by atoms with van der Waals surface area (Å²) in [7, 11) is 0. The Morgan fingerprint density at radius 2 is 1.82 bits per heavy atom. The number of fused-ring (bicyclic) bond motifs is 2. The van der Waals surface area contributed by atoms with Gasteiger partial charge in [0, 0.05) is 75.5 Å². The fourth-order valence-electron chi connectivity index (χ4n) is 9.19. The van der Waals surface area contributed by atoms with Gasteiger partial charge in [0.15, 0.2) is 0 Å². The van der Waals surface area contributed by atoms with Crippen molar-refractivity contribution in [2.45, 2.75) is 69.6 Å². The summed E-state index contributed by atoms with van der Waals surface area (Å²) >= 11 is 0. The molecule has 61 heavy (non-hydrogen) atoms. The lowest BCUT2D eigenvalue weighted by atomic mass is 9.55. The molecule has 4 aliphatic rings. The summed E-state index contributed by atoms with van der Waals surface area (Å²) in [6.45, 7) is 10.1. The van der Waals surface area contributed by atoms with Crippen molar-refractivity contribution in [3.05, 3.63) is 94.1 Å². The lowest BCUT2D eigenvalue weighted by Crippen LogP contribution is -2.70. The highest BCUT2D eigenvalue weighted by atomic mass is 16.7. The quantitative estimate of drug-likeness (QED) is 0.0271. The maximum absolute atomic E-state index is 14.7. The molecular weight excluding hydrogens is 785 g/mol. The number of nitro benzene ring substituents is 1. The van der Waals surface area contributed by atoms with Gasteiger partial charge < -0.3 is 44.0 Å². The van der Waals surface area contributed by atoms with Crippen LogP contribution in [0.1, 0.15) is 68.9 Å². The van der Waals surface area contributed by atoms with E-state index in [9.17, 15) is 30.2 Å². The molecule has 6 atom stereocenters. The number of allylic oxidation sites excluding steroid dienone is 1. The summed E-state index contributed by atoms with van der Waals surface area (Å²) < 4.78 is 26.4. The molecule has 2 aromatic rings. The van der Waals surface area contributed by atoms with Crippen molar-refractivity contribution >= 4 is 23.4 Å². The zero-order valence-corrected chi connectivity index (χ0v) is 35.3. The van der Waals surface area contributed by atoms with Crippen LogP contribution in [-0.4, -0.2) is 133 Å². The fourth-order valence-corrected chi connectivity index (χ4v) is 9.19. The number of amides is 1. The van der Waals surface area contributed by atoms with Crippen molar-refractivity contribution in [3.63, 3.8) is 0 Å². The number of hydrogen-bond donors (Lipinski definition) is 3. The third-order valence-corrected chi connectivity index (χ3v) is 12.1. The minimum Gasteiger partial charge on any atom is -0.492 e. The van der Waals surface area contributed by atoms with Crippen molar-refractivity contribution in [2.75, 3.05) is 79.0 Å². The molecule has 15 nitrogen and oxygen atoms in total. The van der Waals surface area contributed by atoms with Gasteiger partial charge in [0.25, 0.3) is 5.69 Å². The number of oxime groups is 1. The molecule has 1 saturated carbocycles. The zero-order chi connectivity index (χ0) is 43.2. The molecule has 2 fully saturated rings. The molecule has 15 heteroatoms. The molecule has 0 spiro atoms. The van der Waals surface area contributed by atoms with Gasteiger partial charge in [-0.1, -0.05) is 30.1 Å². The van der Waals surface area contributed by atoms with Crippen LogP contribution in [0.3, 0.4) is 0 Å². The second-order valence-electron chi connectivity index (χ2n) is 15.9. The molecule has 2 aliphatic heterocycles. The molecule has 332 valence electrons. The Labute approximate surface area is 358 Å². The van der Waals surface area contributed by atoms with E-state index in [0.29, 0.717) is 43.1 Å². The van der Waals surface area contributed by atoms with Crippen LogP contribution in [0.25, 0.3) is 6.08 Å². The first-order valence-electron chi connectivity index (χ1n) is 21.8. The molecule has 0 bridgehead atoms. The molecule has 3 N–H and O–H groups in total. The number of non-ortho nitro benzene ring substituents is 1. The van der Waals surface area contributed by atoms with Crippen molar-refractivity contribution in [1.29, 1.82) is 0 Å². The lowest BCUT2D eigenvalue weighted by Gasteiger charge is -2.60. The Morgan fingerprint density at radius 1 is 1.05 bits per heavy atom. The number of nitro groups is 1. The van der Waals surface area contributed by atoms with Gasteiger partial charge in [0.1, 0.15) is 30.8 Å². The second-order valence-corrected chi connectivity index (χ2v) is 15.9. The molecule has 0 unspecified atom stereocenters. The van der Waals surface area contributed by atoms with E-state index in [-0.39, 0.29) is 82.0 Å². The van der Waals surface area contributed by atoms with Crippen molar-refractivity contribution in [2.24, 2.45) is 22.9 Å². The van der Waals surface area contributed by atoms with E-state index in [4.69, 9.17) is 28.9 Å². The van der Waals surface area contributed by atoms with Gasteiger partial charge >= 0.3 is 0 Å². The number of ether oxygens (including phenoxy) is 4. The van der Waals surface area contributed by atoms with Gasteiger partial charge in [0.05, 0.1) is 43.0 Å². The number of nitrogens with zero attached hydrogens (tertiary/aromatic N) is 4. The Balaban J connectivity index is 1.52. The average Bonchev–Trinajstić information content (AvgIpc) is 4.10. The zero-order valence-electron chi connectivity index (χ0n) is 35.3. The van der Waals surface area contributed by atoms with E-state index in [1.807, 2.05) is 19.1 Å². The summed E-state index contributed by atoms with van der Waals surface area (Å²) in [4.78, 5) is 35.4. The summed E-state index contributed by atoms with van der Waals surface area (Å²) in [6, 6.07) is 11.1. The van der Waals surface area contributed by atoms with E-state index >= 15 is 0 Å². The predicted octanol–water partition coefficient (Wildman–Crippen LogP) is 5.49. The van der Waals surface area contributed by atoms with E-state index in [1.165, 1.54) is 18.2 Å². The second kappa shape index (κ2) is 22.5. The number of benzene rings is 2. The van der Waals surface area contributed by atoms with Crippen LogP contribution in [0, 0.1) is 27.9 Å². The molecule has 2 heterocycles. The number of rotatable bonds is 26. The van der Waals surface area contributed by atoms with Gasteiger partial charge in [0.2, 0.25) is 11.7 Å². The maximum atomic E-state index is 14.7. The SMILES string of the molecule is C=CCO[C@@]12Oc3ccc(OCCN4CC4)cc3[C@H]3[C@H](CCCCO)[C@@H](CCCCO)C=C(C(=NOCC)C[C@@H]1N(CCOCCO)C(=O)C=Cc1ccc([N+](=O)[O-])cc1)[C@H]32. The first kappa shape index (κ1) is 45.9. The summed E-state index contributed by atoms with van der Waals surface area (Å²) in [5, 5.41) is 45.4. The summed E-state index contributed by atoms with van der Waals surface area (Å²) in [5.74, 6) is -1.08. The smallest absolute Gasteiger partial charge is 0.269 e. The van der Waals surface area contributed by atoms with Crippen LogP contribution in [0.2, 0.25) is 0 Å². The minimum absolute atomic E-state index is 0.0485.